The minimum absolute atomic E-state index is 0.0347. The van der Waals surface area contributed by atoms with Crippen LogP contribution in [0.5, 0.6) is 0 Å². The molecule has 0 aromatic heterocycles. The van der Waals surface area contributed by atoms with E-state index in [1.165, 1.54) is 5.57 Å². The average molecular weight is 485 g/mol. The molecule has 190 valence electrons. The summed E-state index contributed by atoms with van der Waals surface area (Å²) >= 11 is 0. The number of aliphatic hydroxyl groups excluding tert-OH is 2. The first kappa shape index (κ1) is 25.3. The van der Waals surface area contributed by atoms with E-state index in [9.17, 15) is 41.7 Å². The molecule has 3 N–H and O–H groups in total. The summed E-state index contributed by atoms with van der Waals surface area (Å²) in [5.74, 6) is -0.0106. The minimum Gasteiger partial charge on any atom is -0.393 e. The van der Waals surface area contributed by atoms with Crippen molar-refractivity contribution in [3.8, 4) is 0 Å². The molecule has 0 amide bonds. The Bertz CT molecular complexity index is 778. The van der Waals surface area contributed by atoms with E-state index in [0.717, 1.165) is 25.7 Å². The topological polar surface area (TPSA) is 60.7 Å². The molecule has 0 radical (unpaired) electrons. The zero-order valence-electron chi connectivity index (χ0n) is 19.0. The van der Waals surface area contributed by atoms with Gasteiger partial charge in [0.25, 0.3) is 5.60 Å². The smallest absolute Gasteiger partial charge is 0.393 e. The summed E-state index contributed by atoms with van der Waals surface area (Å²) in [4.78, 5) is 0. The van der Waals surface area contributed by atoms with Gasteiger partial charge in [0.1, 0.15) is 0 Å². The van der Waals surface area contributed by atoms with Crippen LogP contribution in [-0.2, 0) is 0 Å². The van der Waals surface area contributed by atoms with Crippen LogP contribution < -0.4 is 0 Å². The molecule has 9 heteroatoms. The van der Waals surface area contributed by atoms with E-state index in [0.29, 0.717) is 31.6 Å². The van der Waals surface area contributed by atoms with Crippen LogP contribution in [0.2, 0.25) is 0 Å². The van der Waals surface area contributed by atoms with Gasteiger partial charge in [-0.1, -0.05) is 25.5 Å². The van der Waals surface area contributed by atoms with Gasteiger partial charge in [0.15, 0.2) is 0 Å². The maximum atomic E-state index is 13.2. The lowest BCUT2D eigenvalue weighted by Crippen LogP contribution is -2.59. The third kappa shape index (κ3) is 3.75. The van der Waals surface area contributed by atoms with E-state index in [1.807, 2.05) is 6.92 Å². The Labute approximate surface area is 190 Å². The van der Waals surface area contributed by atoms with Crippen LogP contribution in [0.1, 0.15) is 71.6 Å². The molecule has 3 saturated carbocycles. The lowest BCUT2D eigenvalue weighted by atomic mass is 9.47. The van der Waals surface area contributed by atoms with Gasteiger partial charge in [-0.25, -0.2) is 0 Å². The summed E-state index contributed by atoms with van der Waals surface area (Å²) in [5.41, 5.74) is -4.26. The maximum absolute atomic E-state index is 13.2. The molecule has 0 spiro atoms. The molecule has 8 atom stereocenters. The van der Waals surface area contributed by atoms with Crippen molar-refractivity contribution in [2.24, 2.45) is 34.5 Å². The predicted octanol–water partition coefficient (Wildman–Crippen LogP) is 5.53. The summed E-state index contributed by atoms with van der Waals surface area (Å²) in [6, 6.07) is 0. The molecule has 3 nitrogen and oxygen atoms in total. The predicted molar refractivity (Wildman–Crippen MR) is 109 cm³/mol. The van der Waals surface area contributed by atoms with E-state index < -0.39 is 41.8 Å². The van der Waals surface area contributed by atoms with Crippen molar-refractivity contribution >= 4 is 0 Å². The molecule has 3 fully saturated rings. The van der Waals surface area contributed by atoms with Crippen molar-refractivity contribution in [2.75, 3.05) is 0 Å². The van der Waals surface area contributed by atoms with Crippen LogP contribution in [0.3, 0.4) is 0 Å². The first-order valence-corrected chi connectivity index (χ1v) is 12.0. The summed E-state index contributed by atoms with van der Waals surface area (Å²) in [5, 5.41) is 30.4. The fraction of sp³-hybridized carbons (Fsp3) is 0.917. The fourth-order valence-corrected chi connectivity index (χ4v) is 8.15. The van der Waals surface area contributed by atoms with E-state index in [4.69, 9.17) is 0 Å². The molecule has 0 unspecified atom stereocenters. The Morgan fingerprint density at radius 1 is 0.970 bits per heavy atom. The quantitative estimate of drug-likeness (QED) is 0.365. The van der Waals surface area contributed by atoms with E-state index in [-0.39, 0.29) is 23.4 Å². The summed E-state index contributed by atoms with van der Waals surface area (Å²) in [6.07, 6.45) is -8.18. The number of halogens is 6. The Morgan fingerprint density at radius 2 is 1.61 bits per heavy atom. The normalized spacial score (nSPS) is 42.8. The van der Waals surface area contributed by atoms with E-state index in [2.05, 4.69) is 13.0 Å². The van der Waals surface area contributed by atoms with Crippen molar-refractivity contribution in [1.29, 1.82) is 0 Å². The minimum atomic E-state index is -5.92. The highest BCUT2D eigenvalue weighted by Gasteiger charge is 2.71. The molecule has 0 aromatic carbocycles. The van der Waals surface area contributed by atoms with Gasteiger partial charge >= 0.3 is 12.4 Å². The first-order valence-electron chi connectivity index (χ1n) is 12.0. The zero-order chi connectivity index (χ0) is 24.6. The SMILES string of the molecule is C[C@]12CC[C@H]3[C@@H](CC=C4C[C@H](O)CC[C@@]43C)[C@@H]1CC[C@@H]2[C@H](O)CC(O)(C(F)(F)F)C(F)(F)F. The molecule has 0 aliphatic heterocycles. The Kier molecular flexibility index (Phi) is 6.02. The molecular formula is C24H34F6O3. The van der Waals surface area contributed by atoms with Gasteiger partial charge in [0.05, 0.1) is 12.2 Å². The molecule has 33 heavy (non-hydrogen) atoms. The molecular weight excluding hydrogens is 450 g/mol. The lowest BCUT2D eigenvalue weighted by molar-refractivity contribution is -0.375. The van der Waals surface area contributed by atoms with Crippen molar-refractivity contribution < 1.29 is 41.7 Å². The molecule has 0 bridgehead atoms. The monoisotopic (exact) mass is 484 g/mol. The summed E-state index contributed by atoms with van der Waals surface area (Å²) < 4.78 is 79.3. The molecule has 0 saturated heterocycles. The van der Waals surface area contributed by atoms with Gasteiger partial charge < -0.3 is 15.3 Å². The fourth-order valence-electron chi connectivity index (χ4n) is 8.15. The molecule has 4 rings (SSSR count). The van der Waals surface area contributed by atoms with Crippen LogP contribution in [0.15, 0.2) is 11.6 Å². The van der Waals surface area contributed by atoms with Crippen LogP contribution in [0.25, 0.3) is 0 Å². The van der Waals surface area contributed by atoms with Crippen LogP contribution in [-0.4, -0.2) is 45.5 Å². The summed E-state index contributed by atoms with van der Waals surface area (Å²) in [7, 11) is 0. The average Bonchev–Trinajstić information content (AvgIpc) is 3.04. The number of aliphatic hydroxyl groups is 3. The van der Waals surface area contributed by atoms with Crippen LogP contribution in [0.4, 0.5) is 26.3 Å². The zero-order valence-corrected chi connectivity index (χ0v) is 19.0. The van der Waals surface area contributed by atoms with Crippen molar-refractivity contribution in [1.82, 2.24) is 0 Å². The Hall–Kier alpha value is -0.800. The highest BCUT2D eigenvalue weighted by atomic mass is 19.4. The molecule has 0 aromatic rings. The Balaban J connectivity index is 1.57. The third-order valence-electron chi connectivity index (χ3n) is 10.1. The Morgan fingerprint density at radius 3 is 2.21 bits per heavy atom. The highest BCUT2D eigenvalue weighted by Crippen LogP contribution is 2.67. The number of hydrogen-bond donors (Lipinski definition) is 3. The largest absolute Gasteiger partial charge is 0.426 e. The second-order valence-corrected chi connectivity index (χ2v) is 11.5. The highest BCUT2D eigenvalue weighted by molar-refractivity contribution is 5.25. The van der Waals surface area contributed by atoms with Crippen molar-refractivity contribution in [3.63, 3.8) is 0 Å². The van der Waals surface area contributed by atoms with Gasteiger partial charge in [-0.15, -0.1) is 0 Å². The molecule has 4 aliphatic rings. The maximum Gasteiger partial charge on any atom is 0.426 e. The standard InChI is InChI=1S/C24H34F6O3/c1-20-9-7-14(31)11-13(20)3-4-15-16-5-6-18(21(16,2)10-8-17(15)20)19(32)12-22(33,23(25,26)27)24(28,29)30/h3,14-19,31-33H,4-12H2,1-2H3/t14-,15+,16+,17+,18-,19-,20+,21+/m1/s1. The molecule has 0 heterocycles. The van der Waals surface area contributed by atoms with Crippen molar-refractivity contribution in [2.45, 2.75) is 102 Å². The number of fused-ring (bicyclic) bond motifs is 5. The lowest BCUT2D eigenvalue weighted by Gasteiger charge is -2.58. The van der Waals surface area contributed by atoms with E-state index in [1.54, 1.807) is 0 Å². The van der Waals surface area contributed by atoms with Crippen LogP contribution in [0, 0.1) is 34.5 Å². The summed E-state index contributed by atoms with van der Waals surface area (Å²) in [6.45, 7) is 4.14. The van der Waals surface area contributed by atoms with Gasteiger partial charge in [-0.05, 0) is 85.9 Å². The number of hydrogen-bond acceptors (Lipinski definition) is 3. The number of alkyl halides is 6. The van der Waals surface area contributed by atoms with Gasteiger partial charge in [0.2, 0.25) is 0 Å². The van der Waals surface area contributed by atoms with Crippen LogP contribution >= 0.6 is 0 Å². The van der Waals surface area contributed by atoms with Gasteiger partial charge in [-0.3, -0.25) is 0 Å². The number of allylic oxidation sites excluding steroid dienone is 1. The molecule has 4 aliphatic carbocycles. The second-order valence-electron chi connectivity index (χ2n) is 11.5. The van der Waals surface area contributed by atoms with E-state index >= 15 is 0 Å². The van der Waals surface area contributed by atoms with Gasteiger partial charge in [0, 0.05) is 6.42 Å². The van der Waals surface area contributed by atoms with Gasteiger partial charge in [-0.2, -0.15) is 26.3 Å². The van der Waals surface area contributed by atoms with Crippen molar-refractivity contribution in [3.05, 3.63) is 11.6 Å². The third-order valence-corrected chi connectivity index (χ3v) is 10.1. The first-order chi connectivity index (χ1) is 15.0. The number of rotatable bonds is 3. The second kappa shape index (κ2) is 7.85.